The Balaban J connectivity index is 1.37. The van der Waals surface area contributed by atoms with Crippen LogP contribution in [0, 0.1) is 5.92 Å². The molecule has 2 aromatic heterocycles. The van der Waals surface area contributed by atoms with E-state index in [-0.39, 0.29) is 0 Å². The van der Waals surface area contributed by atoms with Crippen molar-refractivity contribution in [3.63, 3.8) is 0 Å². The van der Waals surface area contributed by atoms with Crippen molar-refractivity contribution in [3.05, 3.63) is 46.7 Å². The van der Waals surface area contributed by atoms with Crippen LogP contribution < -0.4 is 10.1 Å². The Kier molecular flexibility index (Phi) is 8.87. The number of hydrogen-bond acceptors (Lipinski definition) is 4. The molecule has 0 bridgehead atoms. The summed E-state index contributed by atoms with van der Waals surface area (Å²) < 4.78 is 9.24. The fourth-order valence-electron chi connectivity index (χ4n) is 5.66. The molecule has 4 aromatic rings. The second kappa shape index (κ2) is 12.5. The van der Waals surface area contributed by atoms with E-state index in [1.54, 1.807) is 0 Å². The summed E-state index contributed by atoms with van der Waals surface area (Å²) in [5.41, 5.74) is 2.19. The third-order valence-corrected chi connectivity index (χ3v) is 9.78. The SMILES string of the molecule is CCCCCCCCC(CCCCCC)Cc1cc2c(s1)c1c(c3ccsc32)Nc2ccccc2O1. The maximum Gasteiger partial charge on any atom is 0.169 e. The van der Waals surface area contributed by atoms with E-state index in [0.717, 1.165) is 28.8 Å². The molecule has 3 heterocycles. The van der Waals surface area contributed by atoms with Crippen molar-refractivity contribution in [1.29, 1.82) is 0 Å². The average Bonchev–Trinajstić information content (AvgIpc) is 3.55. The number of thiophene rings is 2. The topological polar surface area (TPSA) is 21.3 Å². The van der Waals surface area contributed by atoms with Crippen molar-refractivity contribution < 1.29 is 4.74 Å². The molecule has 1 atom stereocenters. The molecular weight excluding hydrogens is 478 g/mol. The molecule has 192 valence electrons. The predicted molar refractivity (Wildman–Crippen MR) is 161 cm³/mol. The second-order valence-corrected chi connectivity index (χ2v) is 12.6. The zero-order valence-corrected chi connectivity index (χ0v) is 23.7. The fraction of sp³-hybridized carbons (Fsp3) is 0.500. The Hall–Kier alpha value is -2.04. The van der Waals surface area contributed by atoms with Crippen LogP contribution in [-0.4, -0.2) is 0 Å². The summed E-state index contributed by atoms with van der Waals surface area (Å²) in [7, 11) is 0. The van der Waals surface area contributed by atoms with Gasteiger partial charge < -0.3 is 10.1 Å². The second-order valence-electron chi connectivity index (χ2n) is 10.5. The van der Waals surface area contributed by atoms with Gasteiger partial charge in [0.05, 0.1) is 16.1 Å². The number of para-hydroxylation sites is 2. The molecule has 0 fully saturated rings. The van der Waals surface area contributed by atoms with E-state index in [2.05, 4.69) is 60.9 Å². The largest absolute Gasteiger partial charge is 0.451 e. The first-order chi connectivity index (χ1) is 17.8. The Morgan fingerprint density at radius 2 is 1.53 bits per heavy atom. The van der Waals surface area contributed by atoms with Crippen LogP contribution in [0.2, 0.25) is 0 Å². The first-order valence-corrected chi connectivity index (χ1v) is 16.0. The molecule has 0 amide bonds. The third kappa shape index (κ3) is 5.75. The van der Waals surface area contributed by atoms with Crippen molar-refractivity contribution in [2.45, 2.75) is 97.3 Å². The molecule has 1 unspecified atom stereocenters. The molecule has 0 spiro atoms. The number of ether oxygens (including phenoxy) is 1. The lowest BCUT2D eigenvalue weighted by molar-refractivity contribution is 0.404. The number of nitrogens with one attached hydrogen (secondary N) is 1. The van der Waals surface area contributed by atoms with Crippen LogP contribution in [0.15, 0.2) is 41.8 Å². The number of fused-ring (bicyclic) bond motifs is 7. The normalized spacial score (nSPS) is 13.4. The lowest BCUT2D eigenvalue weighted by Gasteiger charge is -2.23. The van der Waals surface area contributed by atoms with Gasteiger partial charge in [0.25, 0.3) is 0 Å². The van der Waals surface area contributed by atoms with Gasteiger partial charge in [-0.05, 0) is 42.0 Å². The van der Waals surface area contributed by atoms with Crippen LogP contribution in [0.25, 0.3) is 20.2 Å². The highest BCUT2D eigenvalue weighted by atomic mass is 32.1. The Morgan fingerprint density at radius 3 is 2.33 bits per heavy atom. The average molecular weight is 520 g/mol. The summed E-state index contributed by atoms with van der Waals surface area (Å²) in [6, 6.07) is 13.0. The predicted octanol–water partition coefficient (Wildman–Crippen LogP) is 11.8. The monoisotopic (exact) mass is 519 g/mol. The minimum absolute atomic E-state index is 0.801. The molecule has 0 radical (unpaired) electrons. The Morgan fingerprint density at radius 1 is 0.806 bits per heavy atom. The standard InChI is InChI=1S/C32H41NOS2/c1-3-5-7-9-10-12-16-23(15-11-8-6-4-2)21-24-22-26-31-25(19-20-35-31)29-30(32(26)36-24)34-28-18-14-13-17-27(28)33-29/h13-14,17-20,22-23,33H,3-12,15-16,21H2,1-2H3. The van der Waals surface area contributed by atoms with Crippen LogP contribution in [0.1, 0.15) is 95.8 Å². The zero-order valence-electron chi connectivity index (χ0n) is 22.0. The minimum atomic E-state index is 0.801. The number of benzene rings is 2. The number of unbranched alkanes of at least 4 members (excludes halogenated alkanes) is 8. The summed E-state index contributed by atoms with van der Waals surface area (Å²) in [6.45, 7) is 4.62. The van der Waals surface area contributed by atoms with Crippen molar-refractivity contribution >= 4 is 54.2 Å². The van der Waals surface area contributed by atoms with Crippen molar-refractivity contribution in [3.8, 4) is 11.5 Å². The number of anilines is 2. The van der Waals surface area contributed by atoms with E-state index in [4.69, 9.17) is 4.74 Å². The Bertz CT molecular complexity index is 1270. The molecule has 0 aliphatic carbocycles. The number of rotatable bonds is 14. The van der Waals surface area contributed by atoms with Crippen molar-refractivity contribution in [2.75, 3.05) is 5.32 Å². The molecule has 1 N–H and O–H groups in total. The smallest absolute Gasteiger partial charge is 0.169 e. The van der Waals surface area contributed by atoms with Crippen molar-refractivity contribution in [2.24, 2.45) is 5.92 Å². The van der Waals surface area contributed by atoms with Gasteiger partial charge in [-0.3, -0.25) is 0 Å². The molecule has 2 nitrogen and oxygen atoms in total. The molecule has 1 aliphatic heterocycles. The minimum Gasteiger partial charge on any atom is -0.451 e. The highest BCUT2D eigenvalue weighted by molar-refractivity contribution is 7.22. The van der Waals surface area contributed by atoms with E-state index < -0.39 is 0 Å². The summed E-state index contributed by atoms with van der Waals surface area (Å²) in [6.07, 6.45) is 17.8. The molecule has 2 aromatic carbocycles. The van der Waals surface area contributed by atoms with Crippen LogP contribution in [-0.2, 0) is 6.42 Å². The van der Waals surface area contributed by atoms with E-state index in [1.807, 2.05) is 22.7 Å². The zero-order chi connectivity index (χ0) is 24.7. The van der Waals surface area contributed by atoms with Gasteiger partial charge in [-0.1, -0.05) is 103 Å². The molecule has 4 heteroatoms. The lowest BCUT2D eigenvalue weighted by atomic mass is 9.91. The van der Waals surface area contributed by atoms with Gasteiger partial charge in [0, 0.05) is 20.3 Å². The first-order valence-electron chi connectivity index (χ1n) is 14.3. The van der Waals surface area contributed by atoms with Gasteiger partial charge in [0.2, 0.25) is 0 Å². The summed E-state index contributed by atoms with van der Waals surface area (Å²) >= 11 is 3.83. The maximum absolute atomic E-state index is 6.54. The first kappa shape index (κ1) is 25.6. The lowest BCUT2D eigenvalue weighted by Crippen LogP contribution is -2.04. The summed E-state index contributed by atoms with van der Waals surface area (Å²) in [4.78, 5) is 1.53. The number of hydrogen-bond donors (Lipinski definition) is 1. The van der Waals surface area contributed by atoms with Crippen LogP contribution in [0.5, 0.6) is 11.5 Å². The van der Waals surface area contributed by atoms with Gasteiger partial charge in [-0.25, -0.2) is 0 Å². The molecular formula is C32H41NOS2. The summed E-state index contributed by atoms with van der Waals surface area (Å²) in [5, 5.41) is 8.57. The van der Waals surface area contributed by atoms with Gasteiger partial charge >= 0.3 is 0 Å². The highest BCUT2D eigenvalue weighted by Crippen LogP contribution is 2.53. The Labute approximate surface area is 225 Å². The molecule has 0 saturated carbocycles. The third-order valence-electron chi connectivity index (χ3n) is 7.68. The van der Waals surface area contributed by atoms with E-state index >= 15 is 0 Å². The maximum atomic E-state index is 6.54. The van der Waals surface area contributed by atoms with Gasteiger partial charge in [0.15, 0.2) is 11.5 Å². The van der Waals surface area contributed by atoms with Crippen molar-refractivity contribution in [1.82, 2.24) is 0 Å². The summed E-state index contributed by atoms with van der Waals surface area (Å²) in [5.74, 6) is 2.74. The van der Waals surface area contributed by atoms with Crippen LogP contribution in [0.4, 0.5) is 11.4 Å². The van der Waals surface area contributed by atoms with E-state index in [1.165, 1.54) is 109 Å². The van der Waals surface area contributed by atoms with Crippen LogP contribution >= 0.6 is 22.7 Å². The molecule has 5 rings (SSSR count). The van der Waals surface area contributed by atoms with E-state index in [0.29, 0.717) is 0 Å². The molecule has 36 heavy (non-hydrogen) atoms. The van der Waals surface area contributed by atoms with Crippen LogP contribution in [0.3, 0.4) is 0 Å². The van der Waals surface area contributed by atoms with Gasteiger partial charge in [0.1, 0.15) is 0 Å². The molecule has 0 saturated heterocycles. The van der Waals surface area contributed by atoms with Gasteiger partial charge in [-0.15, -0.1) is 22.7 Å². The quantitative estimate of drug-likeness (QED) is 0.147. The fourth-order valence-corrected chi connectivity index (χ4v) is 7.92. The molecule has 1 aliphatic rings. The van der Waals surface area contributed by atoms with E-state index in [9.17, 15) is 0 Å². The van der Waals surface area contributed by atoms with Gasteiger partial charge in [-0.2, -0.15) is 0 Å². The highest BCUT2D eigenvalue weighted by Gasteiger charge is 2.25.